The summed E-state index contributed by atoms with van der Waals surface area (Å²) >= 11 is 17.3. The van der Waals surface area contributed by atoms with Crippen molar-refractivity contribution in [1.29, 1.82) is 0 Å². The number of aliphatic hydroxyl groups is 2. The molecule has 1 heterocycles. The molecule has 4 rings (SSSR count). The maximum absolute atomic E-state index is 13.8. The summed E-state index contributed by atoms with van der Waals surface area (Å²) in [5.41, 5.74) is 6.57. The zero-order valence-corrected chi connectivity index (χ0v) is 27.1. The van der Waals surface area contributed by atoms with Gasteiger partial charge in [0.05, 0.1) is 21.7 Å². The van der Waals surface area contributed by atoms with E-state index in [0.29, 0.717) is 29.7 Å². The number of amides is 2. The summed E-state index contributed by atoms with van der Waals surface area (Å²) in [6.07, 6.45) is 7.78. The van der Waals surface area contributed by atoms with E-state index in [1.807, 2.05) is 12.2 Å². The highest BCUT2D eigenvalue weighted by Gasteiger charge is 2.62. The highest BCUT2D eigenvalue weighted by molar-refractivity contribution is 7.83. The van der Waals surface area contributed by atoms with Crippen LogP contribution in [0.5, 0.6) is 0 Å². The average Bonchev–Trinajstić information content (AvgIpc) is 3.66. The Hall–Kier alpha value is -2.38. The maximum Gasteiger partial charge on any atom is 0.331 e. The molecule has 0 aromatic heterocycles. The number of carboxylic acid groups (broad SMARTS) is 1. The second kappa shape index (κ2) is 14.4. The molecule has 1 aliphatic heterocycles. The van der Waals surface area contributed by atoms with Gasteiger partial charge in [-0.15, -0.1) is 0 Å². The number of allylic oxidation sites excluding steroid dienone is 3. The van der Waals surface area contributed by atoms with Crippen LogP contribution >= 0.6 is 35.8 Å². The molecular weight excluding hydrogens is 627 g/mol. The number of carbonyl (C=O) groups is 3. The predicted octanol–water partition coefficient (Wildman–Crippen LogP) is 3.18. The second-order valence-electron chi connectivity index (χ2n) is 11.9. The molecule has 3 aliphatic rings. The van der Waals surface area contributed by atoms with Gasteiger partial charge in [-0.1, -0.05) is 47.5 Å². The van der Waals surface area contributed by atoms with Crippen LogP contribution in [0, 0.1) is 11.8 Å². The predicted molar refractivity (Wildman–Crippen MR) is 172 cm³/mol. The Balaban J connectivity index is 1.51. The van der Waals surface area contributed by atoms with Crippen LogP contribution in [0.1, 0.15) is 61.0 Å². The lowest BCUT2D eigenvalue weighted by Crippen LogP contribution is -2.50. The van der Waals surface area contributed by atoms with Gasteiger partial charge in [0.25, 0.3) is 5.91 Å². The summed E-state index contributed by atoms with van der Waals surface area (Å²) in [6, 6.07) is 0.679. The van der Waals surface area contributed by atoms with Gasteiger partial charge in [0, 0.05) is 43.4 Å². The lowest BCUT2D eigenvalue weighted by atomic mass is 9.77. The number of nitrogens with two attached hydrogens (primary N) is 1. The zero-order chi connectivity index (χ0) is 32.3. The minimum absolute atomic E-state index is 0.0290. The summed E-state index contributed by atoms with van der Waals surface area (Å²) in [7, 11) is 0. The van der Waals surface area contributed by atoms with E-state index in [9.17, 15) is 29.7 Å². The van der Waals surface area contributed by atoms with Crippen LogP contribution in [-0.2, 0) is 22.6 Å². The number of hydrogen-bond donors (Lipinski definition) is 7. The Morgan fingerprint density at radius 3 is 2.66 bits per heavy atom. The molecule has 2 aliphatic carbocycles. The van der Waals surface area contributed by atoms with Gasteiger partial charge in [-0.3, -0.25) is 14.9 Å². The van der Waals surface area contributed by atoms with Gasteiger partial charge in [-0.25, -0.2) is 4.79 Å². The molecule has 2 amide bonds. The van der Waals surface area contributed by atoms with Gasteiger partial charge >= 0.3 is 5.97 Å². The number of nitrogens with zero attached hydrogens (tertiary/aromatic N) is 1. The largest absolute Gasteiger partial charge is 0.479 e. The van der Waals surface area contributed by atoms with Gasteiger partial charge < -0.3 is 31.3 Å². The van der Waals surface area contributed by atoms with E-state index in [2.05, 4.69) is 23.3 Å². The highest BCUT2D eigenvalue weighted by atomic mass is 35.5. The molecule has 1 saturated carbocycles. The van der Waals surface area contributed by atoms with E-state index in [0.717, 1.165) is 12.8 Å². The lowest BCUT2D eigenvalue weighted by Gasteiger charge is -2.37. The molecule has 0 saturated heterocycles. The first-order chi connectivity index (χ1) is 20.8. The zero-order valence-electron chi connectivity index (χ0n) is 24.7. The van der Waals surface area contributed by atoms with E-state index >= 15 is 0 Å². The highest BCUT2D eigenvalue weighted by Crippen LogP contribution is 2.40. The molecule has 0 spiro atoms. The molecule has 44 heavy (non-hydrogen) atoms. The molecule has 7 unspecified atom stereocenters. The molecule has 1 aromatic rings. The molecule has 1 aromatic carbocycles. The fraction of sp³-hybridized carbons (Fsp3) is 0.516. The molecule has 7 N–H and O–H groups in total. The van der Waals surface area contributed by atoms with Gasteiger partial charge in [-0.2, -0.15) is 12.6 Å². The summed E-state index contributed by atoms with van der Waals surface area (Å²) in [5, 5.41) is 37.6. The van der Waals surface area contributed by atoms with Crippen LogP contribution in [-0.4, -0.2) is 74.5 Å². The van der Waals surface area contributed by atoms with Crippen LogP contribution in [0.25, 0.3) is 0 Å². The number of benzene rings is 1. The van der Waals surface area contributed by atoms with E-state index in [4.69, 9.17) is 28.9 Å². The summed E-state index contributed by atoms with van der Waals surface area (Å²) in [5.74, 6) is -2.78. The number of thiol groups is 1. The van der Waals surface area contributed by atoms with Crippen LogP contribution in [0.2, 0.25) is 10.0 Å². The van der Waals surface area contributed by atoms with Crippen molar-refractivity contribution in [2.24, 2.45) is 17.6 Å². The van der Waals surface area contributed by atoms with E-state index in [-0.39, 0.29) is 52.9 Å². The van der Waals surface area contributed by atoms with Crippen LogP contribution in [0.3, 0.4) is 0 Å². The second-order valence-corrected chi connectivity index (χ2v) is 13.0. The van der Waals surface area contributed by atoms with E-state index in [1.54, 1.807) is 37.0 Å². The minimum atomic E-state index is -1.66. The Labute approximate surface area is 272 Å². The van der Waals surface area contributed by atoms with E-state index < -0.39 is 41.7 Å². The van der Waals surface area contributed by atoms with Crippen molar-refractivity contribution in [3.05, 3.63) is 68.1 Å². The first-order valence-electron chi connectivity index (χ1n) is 14.7. The molecule has 7 atom stereocenters. The van der Waals surface area contributed by atoms with Crippen LogP contribution < -0.4 is 16.4 Å². The number of aliphatic carboxylic acids is 1. The monoisotopic (exact) mass is 666 g/mol. The molecule has 13 heteroatoms. The summed E-state index contributed by atoms with van der Waals surface area (Å²) < 4.78 is 0. The fourth-order valence-electron chi connectivity index (χ4n) is 6.15. The first kappa shape index (κ1) is 34.5. The number of nitrogens with one attached hydrogen (secondary N) is 2. The van der Waals surface area contributed by atoms with Crippen molar-refractivity contribution in [3.63, 3.8) is 0 Å². The fourth-order valence-corrected chi connectivity index (χ4v) is 7.00. The third-order valence-corrected chi connectivity index (χ3v) is 9.64. The third kappa shape index (κ3) is 7.36. The number of halogens is 2. The van der Waals surface area contributed by atoms with Gasteiger partial charge in [0.2, 0.25) is 5.91 Å². The topological polar surface area (TPSA) is 165 Å². The average molecular weight is 668 g/mol. The van der Waals surface area contributed by atoms with Crippen molar-refractivity contribution < 1.29 is 29.7 Å². The SMILES string of the molecule is C/C(=C\C=C/S)C(O)NC1CC1(NC(=O)c1c(Cl)cc2c(c1Cl)CCN(C(=O)C(CC(C)O)C1C=CCCC1N)C2)C(=O)O. The number of carbonyl (C=O) groups excluding carboxylic acids is 2. The smallest absolute Gasteiger partial charge is 0.331 e. The Kier molecular flexibility index (Phi) is 11.3. The van der Waals surface area contributed by atoms with Gasteiger partial charge in [-0.05, 0) is 67.7 Å². The summed E-state index contributed by atoms with van der Waals surface area (Å²) in [6.45, 7) is 3.89. The van der Waals surface area contributed by atoms with Crippen molar-refractivity contribution in [3.8, 4) is 0 Å². The van der Waals surface area contributed by atoms with Crippen molar-refractivity contribution in [1.82, 2.24) is 15.5 Å². The van der Waals surface area contributed by atoms with Gasteiger partial charge in [0.1, 0.15) is 6.23 Å². The van der Waals surface area contributed by atoms with Gasteiger partial charge in [0.15, 0.2) is 5.54 Å². The number of aliphatic hydroxyl groups excluding tert-OH is 2. The molecule has 0 radical (unpaired) electrons. The van der Waals surface area contributed by atoms with Crippen molar-refractivity contribution in [2.45, 2.75) is 82.5 Å². The standard InChI is InChI=1S/C31H40Cl2N4O6S/c1-16(6-5-11-44)27(39)35-24-14-31(24,30(42)43)36-28(40)25-22(32)13-18-15-37(10-9-19(18)26(25)33)29(41)21(12-17(2)38)20-7-3-4-8-23(20)34/h3,5-7,11,13,17,20-21,23-24,27,35,38-39,44H,4,8-10,12,14-15,34H2,1-2H3,(H,36,40)(H,42,43)/b11-5-,16-6+. The van der Waals surface area contributed by atoms with Crippen molar-refractivity contribution >= 4 is 53.6 Å². The lowest BCUT2D eigenvalue weighted by molar-refractivity contribution is -0.141. The van der Waals surface area contributed by atoms with E-state index in [1.165, 1.54) is 5.41 Å². The Morgan fingerprint density at radius 2 is 2.02 bits per heavy atom. The number of hydrogen-bond acceptors (Lipinski definition) is 8. The molecule has 0 bridgehead atoms. The Bertz CT molecular complexity index is 1390. The van der Waals surface area contributed by atoms with Crippen LogP contribution in [0.4, 0.5) is 0 Å². The van der Waals surface area contributed by atoms with Crippen molar-refractivity contribution in [2.75, 3.05) is 6.54 Å². The molecular formula is C31H40Cl2N4O6S. The normalized spacial score (nSPS) is 27.0. The maximum atomic E-state index is 13.8. The quantitative estimate of drug-likeness (QED) is 0.0819. The minimum Gasteiger partial charge on any atom is -0.479 e. The first-order valence-corrected chi connectivity index (χ1v) is 15.9. The number of rotatable bonds is 11. The molecule has 1 fully saturated rings. The summed E-state index contributed by atoms with van der Waals surface area (Å²) in [4.78, 5) is 41.2. The third-order valence-electron chi connectivity index (χ3n) is 8.75. The molecule has 240 valence electrons. The molecule has 10 nitrogen and oxygen atoms in total. The number of fused-ring (bicyclic) bond motifs is 1. The number of carboxylic acids is 1. The Morgan fingerprint density at radius 1 is 1.30 bits per heavy atom. The van der Waals surface area contributed by atoms with Crippen LogP contribution in [0.15, 0.2) is 41.4 Å².